The monoisotopic (exact) mass is 521 g/mol. The topological polar surface area (TPSA) is 61.4 Å². The van der Waals surface area contributed by atoms with E-state index in [1.54, 1.807) is 4.39 Å². The van der Waals surface area contributed by atoms with Gasteiger partial charge in [-0.2, -0.15) is 34.8 Å². The van der Waals surface area contributed by atoms with E-state index in [9.17, 15) is 43.7 Å². The van der Waals surface area contributed by atoms with Crippen molar-refractivity contribution < 1.29 is 57.4 Å². The van der Waals surface area contributed by atoms with E-state index in [4.69, 9.17) is 0 Å². The SMILES string of the molecule is Cn1cc[n+](C)c1.O=S(=O)(OF)C(F)(F)C(F)OC(F)(F)C(F)(F)I. The van der Waals surface area contributed by atoms with Crippen molar-refractivity contribution in [2.75, 3.05) is 0 Å². The Morgan fingerprint density at radius 1 is 1.20 bits per heavy atom. The van der Waals surface area contributed by atoms with Gasteiger partial charge in [0.25, 0.3) is 6.36 Å². The molecule has 0 bridgehead atoms. The zero-order valence-electron chi connectivity index (χ0n) is 12.1. The molecule has 1 aromatic heterocycles. The summed E-state index contributed by atoms with van der Waals surface area (Å²) in [6.07, 6.45) is -4.55. The van der Waals surface area contributed by atoms with Crippen LogP contribution in [0.2, 0.25) is 0 Å². The second kappa shape index (κ2) is 8.30. The van der Waals surface area contributed by atoms with Crippen molar-refractivity contribution in [3.05, 3.63) is 18.7 Å². The maximum absolute atomic E-state index is 12.5. The molecule has 1 rings (SSSR count). The van der Waals surface area contributed by atoms with Crippen LogP contribution in [-0.4, -0.2) is 34.6 Å². The average Bonchev–Trinajstić information content (AvgIpc) is 2.81. The van der Waals surface area contributed by atoms with Crippen LogP contribution in [0.3, 0.4) is 0 Å². The van der Waals surface area contributed by atoms with Gasteiger partial charge in [-0.3, -0.25) is 4.74 Å². The summed E-state index contributed by atoms with van der Waals surface area (Å²) in [5.74, 6) is 0. The highest BCUT2D eigenvalue weighted by atomic mass is 127. The maximum atomic E-state index is 12.5. The molecule has 1 aromatic rings. The van der Waals surface area contributed by atoms with Crippen molar-refractivity contribution in [1.82, 2.24) is 4.57 Å². The largest absolute Gasteiger partial charge is 0.431 e. The summed E-state index contributed by atoms with van der Waals surface area (Å²) in [4.78, 5) is 0. The van der Waals surface area contributed by atoms with E-state index in [1.807, 2.05) is 42.0 Å². The lowest BCUT2D eigenvalue weighted by molar-refractivity contribution is -0.670. The summed E-state index contributed by atoms with van der Waals surface area (Å²) in [7, 11) is -2.60. The number of rotatable bonds is 6. The van der Waals surface area contributed by atoms with Crippen LogP contribution >= 0.6 is 22.6 Å². The number of alkyl halides is 8. The highest BCUT2D eigenvalue weighted by Gasteiger charge is 2.64. The van der Waals surface area contributed by atoms with Crippen molar-refractivity contribution in [2.24, 2.45) is 14.1 Å². The molecule has 0 saturated carbocycles. The molecule has 0 radical (unpaired) electrons. The molecule has 0 aliphatic carbocycles. The van der Waals surface area contributed by atoms with E-state index in [2.05, 4.69) is 4.74 Å². The molecule has 0 saturated heterocycles. The van der Waals surface area contributed by atoms with E-state index in [0.29, 0.717) is 0 Å². The molecule has 0 aromatic carbocycles. The third-order valence-corrected chi connectivity index (χ3v) is 3.81. The Morgan fingerprint density at radius 3 is 1.92 bits per heavy atom. The van der Waals surface area contributed by atoms with Gasteiger partial charge in [0.2, 0.25) is 6.33 Å². The third kappa shape index (κ3) is 6.48. The van der Waals surface area contributed by atoms with Crippen LogP contribution in [-0.2, 0) is 33.3 Å². The van der Waals surface area contributed by atoms with Crippen LogP contribution in [0.5, 0.6) is 0 Å². The number of aryl methyl sites for hydroxylation is 2. The first kappa shape index (κ1) is 24.2. The smallest absolute Gasteiger partial charge is 0.273 e. The number of imidazole rings is 1. The zero-order chi connectivity index (χ0) is 20.3. The number of hydrogen-bond acceptors (Lipinski definition) is 4. The normalized spacial score (nSPS) is 14.7. The standard InChI is InChI=1S/C5H9N2.C4HF8IO4S/c1-6-3-4-7(2)5-6;5-1(2(6,7)18(14,15)17-12)16-4(10,11)3(8,9)13/h3-5H,1-2H3;1H/q+1;. The van der Waals surface area contributed by atoms with Gasteiger partial charge < -0.3 is 0 Å². The summed E-state index contributed by atoms with van der Waals surface area (Å²) >= 11 is -0.264. The van der Waals surface area contributed by atoms with Gasteiger partial charge in [0.15, 0.2) is 0 Å². The molecule has 0 N–H and O–H groups in total. The van der Waals surface area contributed by atoms with Gasteiger partial charge in [-0.15, -0.1) is 0 Å². The summed E-state index contributed by atoms with van der Waals surface area (Å²) in [5, 5.41) is -5.95. The lowest BCUT2D eigenvalue weighted by Gasteiger charge is -2.25. The lowest BCUT2D eigenvalue weighted by Crippen LogP contribution is -2.48. The van der Waals surface area contributed by atoms with Crippen LogP contribution in [0, 0.1) is 0 Å². The fourth-order valence-electron chi connectivity index (χ4n) is 0.995. The van der Waals surface area contributed by atoms with E-state index in [-0.39, 0.29) is 22.6 Å². The fraction of sp³-hybridized carbons (Fsp3) is 0.667. The summed E-state index contributed by atoms with van der Waals surface area (Å²) in [6, 6.07) is 0. The van der Waals surface area contributed by atoms with Gasteiger partial charge in [0.1, 0.15) is 12.4 Å². The van der Waals surface area contributed by atoms with Crippen molar-refractivity contribution in [2.45, 2.75) is 21.7 Å². The number of ether oxygens (including phenoxy) is 1. The second-order valence-corrected chi connectivity index (χ2v) is 7.21. The quantitative estimate of drug-likeness (QED) is 0.250. The predicted molar refractivity (Wildman–Crippen MR) is 72.5 cm³/mol. The van der Waals surface area contributed by atoms with Gasteiger partial charge in [0, 0.05) is 22.6 Å². The van der Waals surface area contributed by atoms with Crippen molar-refractivity contribution >= 4 is 32.7 Å². The minimum absolute atomic E-state index is 0.264. The van der Waals surface area contributed by atoms with E-state index < -0.39 is 31.8 Å². The highest BCUT2D eigenvalue weighted by molar-refractivity contribution is 14.1. The minimum Gasteiger partial charge on any atom is -0.273 e. The Kier molecular flexibility index (Phi) is 8.05. The Bertz CT molecular complexity index is 646. The molecule has 0 amide bonds. The zero-order valence-corrected chi connectivity index (χ0v) is 15.1. The highest BCUT2D eigenvalue weighted by Crippen LogP contribution is 2.44. The van der Waals surface area contributed by atoms with Gasteiger partial charge in [-0.1, -0.05) is 4.39 Å². The molecule has 0 aliphatic rings. The van der Waals surface area contributed by atoms with Crippen molar-refractivity contribution in [3.63, 3.8) is 0 Å². The molecule has 148 valence electrons. The van der Waals surface area contributed by atoms with E-state index in [0.717, 1.165) is 0 Å². The van der Waals surface area contributed by atoms with Crippen LogP contribution in [0.25, 0.3) is 0 Å². The molecule has 1 atom stereocenters. The van der Waals surface area contributed by atoms with Gasteiger partial charge in [-0.25, -0.2) is 13.5 Å². The number of hydrogen-bond donors (Lipinski definition) is 0. The Morgan fingerprint density at radius 2 is 1.68 bits per heavy atom. The third-order valence-electron chi connectivity index (χ3n) is 2.16. The molecule has 1 unspecified atom stereocenters. The first-order valence-corrected chi connectivity index (χ1v) is 8.13. The Hall–Kier alpha value is -0.750. The lowest BCUT2D eigenvalue weighted by atomic mass is 10.6. The molecule has 16 heteroatoms. The Labute approximate surface area is 149 Å². The van der Waals surface area contributed by atoms with Crippen molar-refractivity contribution in [1.29, 1.82) is 0 Å². The predicted octanol–water partition coefficient (Wildman–Crippen LogP) is 2.59. The van der Waals surface area contributed by atoms with E-state index in [1.165, 1.54) is 0 Å². The summed E-state index contributed by atoms with van der Waals surface area (Å²) in [5.41, 5.74) is 0. The van der Waals surface area contributed by atoms with Crippen LogP contribution in [0.15, 0.2) is 18.7 Å². The van der Waals surface area contributed by atoms with Crippen LogP contribution in [0.4, 0.5) is 35.3 Å². The molecule has 0 aliphatic heterocycles. The van der Waals surface area contributed by atoms with Gasteiger partial charge in [0.05, 0.1) is 14.1 Å². The van der Waals surface area contributed by atoms with E-state index >= 15 is 0 Å². The second-order valence-electron chi connectivity index (χ2n) is 4.27. The van der Waals surface area contributed by atoms with Gasteiger partial charge in [-0.05, 0) is 4.53 Å². The number of nitrogens with zero attached hydrogens (tertiary/aromatic N) is 2. The fourth-order valence-corrected chi connectivity index (χ4v) is 1.48. The van der Waals surface area contributed by atoms with Crippen LogP contribution < -0.4 is 4.57 Å². The molecular formula is C9H10F8IN2O4S+. The molecular weight excluding hydrogens is 511 g/mol. The molecule has 0 spiro atoms. The maximum Gasteiger partial charge on any atom is 0.431 e. The van der Waals surface area contributed by atoms with Crippen molar-refractivity contribution in [3.8, 4) is 0 Å². The Balaban J connectivity index is 0.000000676. The number of aromatic nitrogens is 2. The minimum atomic E-state index is -6.60. The average molecular weight is 521 g/mol. The molecule has 0 fully saturated rings. The first-order valence-electron chi connectivity index (χ1n) is 5.64. The van der Waals surface area contributed by atoms with Crippen LogP contribution in [0.1, 0.15) is 0 Å². The molecule has 25 heavy (non-hydrogen) atoms. The number of halogens is 9. The molecule has 6 nitrogen and oxygen atoms in total. The molecule has 1 heterocycles. The summed E-state index contributed by atoms with van der Waals surface area (Å²) < 4.78 is 120. The first-order chi connectivity index (χ1) is 11.0. The summed E-state index contributed by atoms with van der Waals surface area (Å²) in [6.45, 7) is 0. The van der Waals surface area contributed by atoms with Gasteiger partial charge >= 0.3 is 25.4 Å².